The Bertz CT molecular complexity index is 3350. The Kier molecular flexibility index (Phi) is 23.6. The smallest absolute Gasteiger partial charge is 0.330 e. The van der Waals surface area contributed by atoms with Gasteiger partial charge in [0.05, 0.1) is 70.9 Å². The lowest BCUT2D eigenvalue weighted by Gasteiger charge is -2.28. The Balaban J connectivity index is 0.872. The van der Waals surface area contributed by atoms with Crippen LogP contribution >= 0.6 is 22.7 Å². The predicted molar refractivity (Wildman–Crippen MR) is 349 cm³/mol. The molecule has 2 fully saturated rings. The molecule has 0 aliphatic heterocycles. The standard InChI is InChI=1S/C74H80N2O10S2/c1-5-67(77)83-41-17-13-9-7-11-15-39-81-59-33-29-55(30-34-59)53-21-25-57(26-22-53)73(79)85-69-63-45-65(61-37-19-51(47-75)43-49(61)3)88-72(63)70(64-46-66(87-71(64)69)62-38-20-52(48-76)44-50(62)4)86-74(80)58-27-23-54(24-28-58)56-31-35-60(36-32-56)82-40-16-12-8-10-14-18-42-84-68(78)6-2/h5-6,19-20,29-38,43-46,53-54,57-58H,1-2,7-18,21-28,39-42H2,3-4H3. The van der Waals surface area contributed by atoms with Crippen LogP contribution in [0.5, 0.6) is 23.0 Å². The summed E-state index contributed by atoms with van der Waals surface area (Å²) in [6.45, 7) is 13.0. The molecule has 0 bridgehead atoms. The van der Waals surface area contributed by atoms with Crippen molar-refractivity contribution in [3.05, 3.63) is 156 Å². The number of fused-ring (bicyclic) bond motifs is 2. The number of aryl methyl sites for hydroxylation is 2. The number of nitriles is 2. The molecule has 2 heterocycles. The van der Waals surface area contributed by atoms with Gasteiger partial charge in [-0.25, -0.2) is 9.59 Å². The minimum Gasteiger partial charge on any atom is -0.494 e. The molecule has 0 N–H and O–H groups in total. The van der Waals surface area contributed by atoms with Crippen molar-refractivity contribution >= 4 is 66.7 Å². The summed E-state index contributed by atoms with van der Waals surface area (Å²) in [5.74, 6) is 1.25. The number of thiophene rings is 2. The first-order chi connectivity index (χ1) is 42.9. The first-order valence-corrected chi connectivity index (χ1v) is 33.1. The van der Waals surface area contributed by atoms with Gasteiger partial charge in [0.25, 0.3) is 0 Å². The van der Waals surface area contributed by atoms with Crippen LogP contribution in [0, 0.1) is 48.3 Å². The van der Waals surface area contributed by atoms with E-state index < -0.39 is 0 Å². The third kappa shape index (κ3) is 17.2. The van der Waals surface area contributed by atoms with Gasteiger partial charge in [-0.15, -0.1) is 22.7 Å². The minimum absolute atomic E-state index is 0.282. The maximum absolute atomic E-state index is 14.7. The number of carbonyl (C=O) groups excluding carboxylic acids is 4. The SMILES string of the molecule is C=CC(=O)OCCCCCCCCOc1ccc(C2CCC(C(=O)Oc3c4cc(-c5ccc(C#N)cc5C)sc4c(OC(=O)C4CCC(c5ccc(OCCCCCCCCOC(=O)C=C)cc5)CC4)c4cc(-c5ccc(C#N)cc5C)sc34)CC2)cc1. The Hall–Kier alpha value is -8.04. The third-order valence-electron chi connectivity index (χ3n) is 17.3. The molecule has 0 unspecified atom stereocenters. The fourth-order valence-corrected chi connectivity index (χ4v) is 14.7. The first-order valence-electron chi connectivity index (χ1n) is 31.5. The van der Waals surface area contributed by atoms with Gasteiger partial charge in [0, 0.05) is 32.7 Å². The molecule has 2 aliphatic carbocycles. The van der Waals surface area contributed by atoms with Crippen molar-refractivity contribution in [2.45, 2.75) is 154 Å². The van der Waals surface area contributed by atoms with E-state index in [-0.39, 0.29) is 35.7 Å². The topological polar surface area (TPSA) is 171 Å². The highest BCUT2D eigenvalue weighted by atomic mass is 32.1. The molecule has 0 spiro atoms. The van der Waals surface area contributed by atoms with Gasteiger partial charge in [0.1, 0.15) is 11.5 Å². The summed E-state index contributed by atoms with van der Waals surface area (Å²) >= 11 is 2.98. The van der Waals surface area contributed by atoms with Gasteiger partial charge in [-0.2, -0.15) is 10.5 Å². The van der Waals surface area contributed by atoms with E-state index in [1.807, 2.05) is 86.6 Å². The van der Waals surface area contributed by atoms with Crippen LogP contribution in [0.25, 0.3) is 41.1 Å². The molecule has 9 rings (SSSR count). The molecular weight excluding hydrogens is 1140 g/mol. The lowest BCUT2D eigenvalue weighted by Crippen LogP contribution is -2.25. The molecule has 2 aliphatic rings. The summed E-state index contributed by atoms with van der Waals surface area (Å²) in [5.41, 5.74) is 7.28. The molecule has 0 atom stereocenters. The zero-order valence-corrected chi connectivity index (χ0v) is 52.5. The number of hydrogen-bond donors (Lipinski definition) is 0. The number of esters is 4. The lowest BCUT2D eigenvalue weighted by molar-refractivity contribution is -0.140. The van der Waals surface area contributed by atoms with Gasteiger partial charge < -0.3 is 28.4 Å². The molecule has 5 aromatic carbocycles. The highest BCUT2D eigenvalue weighted by Crippen LogP contribution is 2.54. The van der Waals surface area contributed by atoms with Crippen LogP contribution in [-0.2, 0) is 28.7 Å². The van der Waals surface area contributed by atoms with E-state index in [1.54, 1.807) is 0 Å². The van der Waals surface area contributed by atoms with Crippen molar-refractivity contribution in [1.29, 1.82) is 10.5 Å². The Morgan fingerprint density at radius 1 is 0.477 bits per heavy atom. The van der Waals surface area contributed by atoms with Gasteiger partial charge in [-0.3, -0.25) is 9.59 Å². The third-order valence-corrected chi connectivity index (χ3v) is 19.6. The van der Waals surface area contributed by atoms with Crippen molar-refractivity contribution in [3.63, 3.8) is 0 Å². The largest absolute Gasteiger partial charge is 0.494 e. The summed E-state index contributed by atoms with van der Waals surface area (Å²) in [5, 5.41) is 20.9. The monoisotopic (exact) mass is 1220 g/mol. The summed E-state index contributed by atoms with van der Waals surface area (Å²) in [7, 11) is 0. The predicted octanol–water partition coefficient (Wildman–Crippen LogP) is 18.5. The number of hydrogen-bond acceptors (Lipinski definition) is 14. The van der Waals surface area contributed by atoms with E-state index in [2.05, 4.69) is 49.6 Å². The van der Waals surface area contributed by atoms with Crippen LogP contribution in [-0.4, -0.2) is 50.3 Å². The second-order valence-electron chi connectivity index (χ2n) is 23.4. The summed E-state index contributed by atoms with van der Waals surface area (Å²) in [6.07, 6.45) is 20.7. The minimum atomic E-state index is -0.371. The number of unbranched alkanes of at least 4 members (excludes halogenated alkanes) is 10. The molecule has 0 saturated heterocycles. The number of nitrogens with zero attached hydrogens (tertiary/aromatic N) is 2. The van der Waals surface area contributed by atoms with Crippen molar-refractivity contribution in [1.82, 2.24) is 0 Å². The number of benzene rings is 5. The molecule has 2 saturated carbocycles. The number of ether oxygens (including phenoxy) is 6. The molecule has 88 heavy (non-hydrogen) atoms. The second-order valence-corrected chi connectivity index (χ2v) is 25.5. The average molecular weight is 1220 g/mol. The first kappa shape index (κ1) is 64.4. The van der Waals surface area contributed by atoms with E-state index in [9.17, 15) is 29.7 Å². The van der Waals surface area contributed by atoms with Crippen molar-refractivity contribution in [2.24, 2.45) is 11.8 Å². The van der Waals surface area contributed by atoms with E-state index in [4.69, 9.17) is 28.4 Å². The fraction of sp³-hybridized carbons (Fsp3) is 0.405. The quantitative estimate of drug-likeness (QED) is 0.0181. The van der Waals surface area contributed by atoms with Crippen LogP contribution in [0.15, 0.2) is 122 Å². The second kappa shape index (κ2) is 32.3. The summed E-state index contributed by atoms with van der Waals surface area (Å²) in [4.78, 5) is 53.7. The van der Waals surface area contributed by atoms with Crippen molar-refractivity contribution in [2.75, 3.05) is 26.4 Å². The van der Waals surface area contributed by atoms with Crippen molar-refractivity contribution < 1.29 is 47.6 Å². The normalized spacial score (nSPS) is 16.5. The van der Waals surface area contributed by atoms with E-state index >= 15 is 0 Å². The fourth-order valence-electron chi connectivity index (χ4n) is 12.2. The van der Waals surface area contributed by atoms with Crippen LogP contribution in [0.3, 0.4) is 0 Å². The van der Waals surface area contributed by atoms with Gasteiger partial charge in [0.2, 0.25) is 0 Å². The van der Waals surface area contributed by atoms with E-state index in [1.165, 1.54) is 46.0 Å². The lowest BCUT2D eigenvalue weighted by atomic mass is 9.79. The van der Waals surface area contributed by atoms with Gasteiger partial charge in [-0.1, -0.05) is 101 Å². The van der Waals surface area contributed by atoms with Gasteiger partial charge in [-0.05, 0) is 197 Å². The maximum atomic E-state index is 14.7. The van der Waals surface area contributed by atoms with Crippen LogP contribution in [0.1, 0.15) is 174 Å². The molecule has 0 amide bonds. The van der Waals surface area contributed by atoms with Crippen molar-refractivity contribution in [3.8, 4) is 56.0 Å². The number of carbonyl (C=O) groups is 4. The summed E-state index contributed by atoms with van der Waals surface area (Å²) < 4.78 is 37.2. The van der Waals surface area contributed by atoms with E-state index in [0.717, 1.165) is 146 Å². The zero-order chi connectivity index (χ0) is 61.8. The molecule has 12 nitrogen and oxygen atoms in total. The number of rotatable bonds is 30. The van der Waals surface area contributed by atoms with Crippen LogP contribution in [0.2, 0.25) is 0 Å². The Morgan fingerprint density at radius 3 is 1.17 bits per heavy atom. The van der Waals surface area contributed by atoms with Gasteiger partial charge >= 0.3 is 23.9 Å². The highest BCUT2D eigenvalue weighted by Gasteiger charge is 2.34. The molecule has 2 aromatic heterocycles. The molecule has 14 heteroatoms. The zero-order valence-electron chi connectivity index (χ0n) is 50.9. The maximum Gasteiger partial charge on any atom is 0.330 e. The Labute approximate surface area is 526 Å². The highest BCUT2D eigenvalue weighted by molar-refractivity contribution is 7.24. The van der Waals surface area contributed by atoms with E-state index in [0.29, 0.717) is 107 Å². The average Bonchev–Trinajstić information content (AvgIpc) is 1.63. The van der Waals surface area contributed by atoms with Crippen LogP contribution in [0.4, 0.5) is 0 Å². The van der Waals surface area contributed by atoms with Crippen LogP contribution < -0.4 is 18.9 Å². The summed E-state index contributed by atoms with van der Waals surface area (Å²) in [6, 6.07) is 36.7. The molecular formula is C74H80N2O10S2. The molecule has 0 radical (unpaired) electrons. The molecule has 7 aromatic rings. The Morgan fingerprint density at radius 2 is 0.830 bits per heavy atom. The molecule has 458 valence electrons. The van der Waals surface area contributed by atoms with Gasteiger partial charge in [0.15, 0.2) is 11.5 Å².